The highest BCUT2D eigenvalue weighted by atomic mass is 19.3. The molecule has 2 rings (SSSR count). The van der Waals surface area contributed by atoms with E-state index in [4.69, 9.17) is 5.73 Å². The molecule has 0 unspecified atom stereocenters. The fraction of sp³-hybridized carbons (Fsp3) is 0.857. The van der Waals surface area contributed by atoms with E-state index in [9.17, 15) is 8.78 Å². The van der Waals surface area contributed by atoms with Crippen molar-refractivity contribution in [2.24, 2.45) is 11.7 Å². The Kier molecular flexibility index (Phi) is 4.33. The number of alkyl halides is 2. The molecule has 0 aromatic heterocycles. The van der Waals surface area contributed by atoms with Gasteiger partial charge in [0.1, 0.15) is 0 Å². The lowest BCUT2D eigenvalue weighted by molar-refractivity contribution is -0.127. The van der Waals surface area contributed by atoms with Crippen LogP contribution in [0.1, 0.15) is 39.5 Å². The van der Waals surface area contributed by atoms with Gasteiger partial charge in [0.15, 0.2) is 0 Å². The second kappa shape index (κ2) is 5.65. The Morgan fingerprint density at radius 3 is 2.37 bits per heavy atom. The maximum atomic E-state index is 12.8. The largest absolute Gasteiger partial charge is 0.401 e. The zero-order valence-corrected chi connectivity index (χ0v) is 11.8. The summed E-state index contributed by atoms with van der Waals surface area (Å²) in [6, 6.07) is 0.529. The van der Waals surface area contributed by atoms with E-state index < -0.39 is 5.92 Å². The first kappa shape index (κ1) is 14.6. The van der Waals surface area contributed by atoms with Gasteiger partial charge in [-0.2, -0.15) is 0 Å². The molecule has 19 heavy (non-hydrogen) atoms. The minimum absolute atomic E-state index is 0.0469. The van der Waals surface area contributed by atoms with Crippen LogP contribution in [0.2, 0.25) is 0 Å². The number of hydrogen-bond acceptors (Lipinski definition) is 3. The molecule has 0 atom stereocenters. The predicted octanol–water partition coefficient (Wildman–Crippen LogP) is 2.29. The summed E-state index contributed by atoms with van der Waals surface area (Å²) in [7, 11) is 0. The minimum Gasteiger partial charge on any atom is -0.401 e. The molecule has 0 aromatic rings. The summed E-state index contributed by atoms with van der Waals surface area (Å²) in [6.45, 7) is 5.95. The van der Waals surface area contributed by atoms with E-state index in [0.717, 1.165) is 31.6 Å². The zero-order valence-electron chi connectivity index (χ0n) is 11.8. The van der Waals surface area contributed by atoms with Gasteiger partial charge in [-0.1, -0.05) is 13.8 Å². The summed E-state index contributed by atoms with van der Waals surface area (Å²) in [5, 5.41) is 3.35. The number of halogens is 2. The van der Waals surface area contributed by atoms with Gasteiger partial charge >= 0.3 is 0 Å². The summed E-state index contributed by atoms with van der Waals surface area (Å²) in [4.78, 5) is 2.21. The molecule has 2 aliphatic rings. The van der Waals surface area contributed by atoms with Gasteiger partial charge in [0.2, 0.25) is 0 Å². The van der Waals surface area contributed by atoms with E-state index >= 15 is 0 Å². The Bertz CT molecular complexity index is 326. The maximum absolute atomic E-state index is 12.8. The molecule has 3 nitrogen and oxygen atoms in total. The zero-order chi connectivity index (χ0) is 14.0. The summed E-state index contributed by atoms with van der Waals surface area (Å²) in [6.07, 6.45) is 4.01. The number of rotatable bonds is 4. The van der Waals surface area contributed by atoms with Gasteiger partial charge in [-0.05, 0) is 18.8 Å². The third-order valence-electron chi connectivity index (χ3n) is 4.27. The van der Waals surface area contributed by atoms with Crippen molar-refractivity contribution in [3.8, 4) is 0 Å². The first-order valence-electron chi connectivity index (χ1n) is 7.21. The smallest absolute Gasteiger partial charge is 0.251 e. The van der Waals surface area contributed by atoms with Gasteiger partial charge < -0.3 is 11.1 Å². The normalized spacial score (nSPS) is 26.5. The van der Waals surface area contributed by atoms with E-state index in [0.29, 0.717) is 12.0 Å². The molecule has 3 N–H and O–H groups in total. The van der Waals surface area contributed by atoms with E-state index in [2.05, 4.69) is 24.1 Å². The molecule has 110 valence electrons. The second-order valence-electron chi connectivity index (χ2n) is 6.19. The SMILES string of the molecule is CC(C)/C(N)=C/NC1CCN(C2CC(F)(F)C2)CC1. The van der Waals surface area contributed by atoms with Crippen molar-refractivity contribution in [3.05, 3.63) is 11.9 Å². The third kappa shape index (κ3) is 3.81. The van der Waals surface area contributed by atoms with Crippen molar-refractivity contribution in [2.45, 2.75) is 57.5 Å². The van der Waals surface area contributed by atoms with Crippen LogP contribution in [0.15, 0.2) is 11.9 Å². The van der Waals surface area contributed by atoms with Crippen LogP contribution in [-0.2, 0) is 0 Å². The molecule has 5 heteroatoms. The number of nitrogens with zero attached hydrogens (tertiary/aromatic N) is 1. The summed E-state index contributed by atoms with van der Waals surface area (Å²) < 4.78 is 25.7. The van der Waals surface area contributed by atoms with Crippen LogP contribution in [0.3, 0.4) is 0 Å². The molecule has 1 saturated heterocycles. The van der Waals surface area contributed by atoms with Crippen LogP contribution in [0.4, 0.5) is 8.78 Å². The highest BCUT2D eigenvalue weighted by molar-refractivity contribution is 5.00. The van der Waals surface area contributed by atoms with Crippen molar-refractivity contribution < 1.29 is 8.78 Å². The fourth-order valence-electron chi connectivity index (χ4n) is 2.70. The maximum Gasteiger partial charge on any atom is 0.251 e. The highest BCUT2D eigenvalue weighted by Crippen LogP contribution is 2.41. The van der Waals surface area contributed by atoms with E-state index in [1.54, 1.807) is 0 Å². The van der Waals surface area contributed by atoms with Gasteiger partial charge in [-0.25, -0.2) is 8.78 Å². The minimum atomic E-state index is -2.41. The Morgan fingerprint density at radius 2 is 1.89 bits per heavy atom. The summed E-state index contributed by atoms with van der Waals surface area (Å²) in [5.74, 6) is -2.06. The monoisotopic (exact) mass is 273 g/mol. The standard InChI is InChI=1S/C14H25F2N3/c1-10(2)13(17)9-18-11-3-5-19(6-4-11)12-7-14(15,16)8-12/h9-12,18H,3-8,17H2,1-2H3/b13-9-. The molecular weight excluding hydrogens is 248 g/mol. The topological polar surface area (TPSA) is 41.3 Å². The lowest BCUT2D eigenvalue weighted by atomic mass is 9.85. The van der Waals surface area contributed by atoms with E-state index in [1.807, 2.05) is 6.20 Å². The molecular formula is C14H25F2N3. The Morgan fingerprint density at radius 1 is 1.32 bits per heavy atom. The molecule has 1 heterocycles. The molecule has 0 amide bonds. The number of allylic oxidation sites excluding steroid dienone is 1. The van der Waals surface area contributed by atoms with Crippen LogP contribution in [-0.4, -0.2) is 36.0 Å². The van der Waals surface area contributed by atoms with E-state index in [1.165, 1.54) is 0 Å². The number of hydrogen-bond donors (Lipinski definition) is 2. The molecule has 0 radical (unpaired) electrons. The molecule has 2 fully saturated rings. The highest BCUT2D eigenvalue weighted by Gasteiger charge is 2.48. The van der Waals surface area contributed by atoms with Crippen molar-refractivity contribution in [1.29, 1.82) is 0 Å². The second-order valence-corrected chi connectivity index (χ2v) is 6.19. The first-order valence-corrected chi connectivity index (χ1v) is 7.21. The van der Waals surface area contributed by atoms with Crippen molar-refractivity contribution >= 4 is 0 Å². The average molecular weight is 273 g/mol. The quantitative estimate of drug-likeness (QED) is 0.826. The van der Waals surface area contributed by atoms with Crippen molar-refractivity contribution in [1.82, 2.24) is 10.2 Å². The van der Waals surface area contributed by atoms with Gasteiger partial charge in [0.25, 0.3) is 5.92 Å². The Hall–Kier alpha value is -0.840. The lowest BCUT2D eigenvalue weighted by Gasteiger charge is -2.45. The van der Waals surface area contributed by atoms with Crippen LogP contribution in [0.25, 0.3) is 0 Å². The van der Waals surface area contributed by atoms with Gasteiger partial charge in [-0.3, -0.25) is 4.90 Å². The van der Waals surface area contributed by atoms with Gasteiger partial charge in [0.05, 0.1) is 0 Å². The number of nitrogens with two attached hydrogens (primary N) is 1. The fourth-order valence-corrected chi connectivity index (χ4v) is 2.70. The number of piperidine rings is 1. The lowest BCUT2D eigenvalue weighted by Crippen LogP contribution is -2.54. The molecule has 1 aliphatic heterocycles. The van der Waals surface area contributed by atoms with Gasteiger partial charge in [0, 0.05) is 49.9 Å². The Balaban J connectivity index is 1.70. The molecule has 0 bridgehead atoms. The molecule has 0 aromatic carbocycles. The first-order chi connectivity index (χ1) is 8.87. The third-order valence-corrected chi connectivity index (χ3v) is 4.27. The van der Waals surface area contributed by atoms with Crippen LogP contribution < -0.4 is 11.1 Å². The van der Waals surface area contributed by atoms with Crippen LogP contribution >= 0.6 is 0 Å². The number of nitrogens with one attached hydrogen (secondary N) is 1. The molecule has 0 spiro atoms. The van der Waals surface area contributed by atoms with Crippen LogP contribution in [0.5, 0.6) is 0 Å². The van der Waals surface area contributed by atoms with Crippen molar-refractivity contribution in [3.63, 3.8) is 0 Å². The summed E-state index contributed by atoms with van der Waals surface area (Å²) in [5.41, 5.74) is 6.74. The molecule has 1 saturated carbocycles. The van der Waals surface area contributed by atoms with Crippen LogP contribution in [0, 0.1) is 5.92 Å². The predicted molar refractivity (Wildman–Crippen MR) is 72.8 cm³/mol. The van der Waals surface area contributed by atoms with Gasteiger partial charge in [-0.15, -0.1) is 0 Å². The Labute approximate surface area is 114 Å². The summed E-state index contributed by atoms with van der Waals surface area (Å²) >= 11 is 0. The number of likely N-dealkylation sites (tertiary alicyclic amines) is 1. The van der Waals surface area contributed by atoms with Crippen molar-refractivity contribution in [2.75, 3.05) is 13.1 Å². The molecule has 1 aliphatic carbocycles. The average Bonchev–Trinajstić information content (AvgIpc) is 2.33. The van der Waals surface area contributed by atoms with E-state index in [-0.39, 0.29) is 18.9 Å².